The largest absolute Gasteiger partial charge is 0.497 e. The molecule has 1 aliphatic rings. The van der Waals surface area contributed by atoms with Crippen LogP contribution in [-0.4, -0.2) is 18.6 Å². The lowest BCUT2D eigenvalue weighted by Gasteiger charge is -2.25. The molecular formula is C19H23NO. The van der Waals surface area contributed by atoms with E-state index >= 15 is 0 Å². The molecule has 2 heteroatoms. The first kappa shape index (κ1) is 14.2. The third kappa shape index (κ3) is 3.27. The van der Waals surface area contributed by atoms with Crippen molar-refractivity contribution >= 4 is 0 Å². The smallest absolute Gasteiger partial charge is 0.118 e. The van der Waals surface area contributed by atoms with Crippen LogP contribution in [0.15, 0.2) is 48.5 Å². The van der Waals surface area contributed by atoms with Crippen molar-refractivity contribution in [2.45, 2.75) is 32.4 Å². The van der Waals surface area contributed by atoms with E-state index in [9.17, 15) is 0 Å². The minimum atomic E-state index is 0.539. The number of nitrogens with zero attached hydrogens (tertiary/aromatic N) is 1. The van der Waals surface area contributed by atoms with Crippen LogP contribution in [0.3, 0.4) is 0 Å². The van der Waals surface area contributed by atoms with Gasteiger partial charge in [0.05, 0.1) is 7.11 Å². The third-order valence-electron chi connectivity index (χ3n) is 4.37. The summed E-state index contributed by atoms with van der Waals surface area (Å²) in [6.45, 7) is 4.36. The van der Waals surface area contributed by atoms with E-state index in [1.807, 2.05) is 0 Å². The maximum absolute atomic E-state index is 5.25. The molecule has 1 aliphatic heterocycles. The predicted molar refractivity (Wildman–Crippen MR) is 86.6 cm³/mol. The van der Waals surface area contributed by atoms with Gasteiger partial charge in [0, 0.05) is 12.6 Å². The molecule has 1 saturated heterocycles. The molecule has 2 nitrogen and oxygen atoms in total. The maximum atomic E-state index is 5.25. The van der Waals surface area contributed by atoms with Crippen LogP contribution in [0, 0.1) is 6.92 Å². The van der Waals surface area contributed by atoms with Gasteiger partial charge in [-0.05, 0) is 49.6 Å². The molecule has 0 aliphatic carbocycles. The topological polar surface area (TPSA) is 12.5 Å². The van der Waals surface area contributed by atoms with E-state index in [2.05, 4.69) is 60.4 Å². The Labute approximate surface area is 127 Å². The number of hydrogen-bond donors (Lipinski definition) is 0. The zero-order valence-corrected chi connectivity index (χ0v) is 12.9. The Bertz CT molecular complexity index is 574. The van der Waals surface area contributed by atoms with E-state index in [1.165, 1.54) is 36.1 Å². The molecule has 0 N–H and O–H groups in total. The maximum Gasteiger partial charge on any atom is 0.118 e. The normalized spacial score (nSPS) is 18.9. The highest BCUT2D eigenvalue weighted by molar-refractivity contribution is 5.30. The van der Waals surface area contributed by atoms with Crippen LogP contribution in [0.2, 0.25) is 0 Å². The minimum Gasteiger partial charge on any atom is -0.497 e. The second-order valence-corrected chi connectivity index (χ2v) is 5.89. The zero-order chi connectivity index (χ0) is 14.7. The van der Waals surface area contributed by atoms with E-state index < -0.39 is 0 Å². The van der Waals surface area contributed by atoms with E-state index in [-0.39, 0.29) is 0 Å². The number of rotatable bonds is 4. The first-order valence-corrected chi connectivity index (χ1v) is 7.70. The Morgan fingerprint density at radius 2 is 1.76 bits per heavy atom. The lowest BCUT2D eigenvalue weighted by Crippen LogP contribution is -2.22. The molecule has 2 aromatic carbocycles. The fraction of sp³-hybridized carbons (Fsp3) is 0.368. The van der Waals surface area contributed by atoms with Crippen molar-refractivity contribution in [3.05, 3.63) is 65.2 Å². The van der Waals surface area contributed by atoms with Crippen molar-refractivity contribution < 1.29 is 4.74 Å². The molecule has 0 radical (unpaired) electrons. The number of aryl methyl sites for hydroxylation is 1. The quantitative estimate of drug-likeness (QED) is 0.826. The number of likely N-dealkylation sites (tertiary alicyclic amines) is 1. The van der Waals surface area contributed by atoms with Crippen LogP contribution in [0.25, 0.3) is 0 Å². The van der Waals surface area contributed by atoms with Crippen LogP contribution < -0.4 is 4.74 Å². The molecule has 3 rings (SSSR count). The first-order chi connectivity index (χ1) is 10.3. The predicted octanol–water partition coefficient (Wildman–Crippen LogP) is 4.34. The summed E-state index contributed by atoms with van der Waals surface area (Å²) in [6.07, 6.45) is 2.53. The number of methoxy groups -OCH3 is 1. The van der Waals surface area contributed by atoms with Crippen molar-refractivity contribution in [1.82, 2.24) is 4.90 Å². The molecule has 1 heterocycles. The van der Waals surface area contributed by atoms with Crippen LogP contribution >= 0.6 is 0 Å². The SMILES string of the molecule is COc1ccc(C2CCCN2Cc2ccc(C)cc2)cc1. The van der Waals surface area contributed by atoms with Crippen LogP contribution in [0.4, 0.5) is 0 Å². The standard InChI is InChI=1S/C19H23NO/c1-15-5-7-16(8-6-15)14-20-13-3-4-19(20)17-9-11-18(21-2)12-10-17/h5-12,19H,3-4,13-14H2,1-2H3. The van der Waals surface area contributed by atoms with Crippen molar-refractivity contribution in [3.8, 4) is 5.75 Å². The van der Waals surface area contributed by atoms with Crippen LogP contribution in [0.1, 0.15) is 35.6 Å². The highest BCUT2D eigenvalue weighted by Gasteiger charge is 2.25. The lowest BCUT2D eigenvalue weighted by atomic mass is 10.0. The number of hydrogen-bond acceptors (Lipinski definition) is 2. The second-order valence-electron chi connectivity index (χ2n) is 5.89. The zero-order valence-electron chi connectivity index (χ0n) is 12.9. The van der Waals surface area contributed by atoms with Gasteiger partial charge in [-0.2, -0.15) is 0 Å². The van der Waals surface area contributed by atoms with Gasteiger partial charge in [-0.25, -0.2) is 0 Å². The van der Waals surface area contributed by atoms with Crippen molar-refractivity contribution in [2.24, 2.45) is 0 Å². The summed E-state index contributed by atoms with van der Waals surface area (Å²) in [5.74, 6) is 0.932. The average Bonchev–Trinajstić information content (AvgIpc) is 2.98. The summed E-state index contributed by atoms with van der Waals surface area (Å²) in [5.41, 5.74) is 4.13. The van der Waals surface area contributed by atoms with Gasteiger partial charge < -0.3 is 4.74 Å². The highest BCUT2D eigenvalue weighted by atomic mass is 16.5. The van der Waals surface area contributed by atoms with Gasteiger partial charge >= 0.3 is 0 Å². The summed E-state index contributed by atoms with van der Waals surface area (Å²) in [7, 11) is 1.72. The summed E-state index contributed by atoms with van der Waals surface area (Å²) >= 11 is 0. The van der Waals surface area contributed by atoms with Gasteiger partial charge in [0.2, 0.25) is 0 Å². The van der Waals surface area contributed by atoms with E-state index in [0.717, 1.165) is 12.3 Å². The summed E-state index contributed by atoms with van der Waals surface area (Å²) in [4.78, 5) is 2.59. The van der Waals surface area contributed by atoms with E-state index in [4.69, 9.17) is 4.74 Å². The molecule has 2 aromatic rings. The van der Waals surface area contributed by atoms with Crippen LogP contribution in [0.5, 0.6) is 5.75 Å². The molecule has 110 valence electrons. The van der Waals surface area contributed by atoms with Crippen molar-refractivity contribution in [3.63, 3.8) is 0 Å². The highest BCUT2D eigenvalue weighted by Crippen LogP contribution is 2.33. The summed E-state index contributed by atoms with van der Waals surface area (Å²) in [6, 6.07) is 18.0. The Morgan fingerprint density at radius 1 is 1.05 bits per heavy atom. The van der Waals surface area contributed by atoms with Gasteiger partial charge in [-0.3, -0.25) is 4.90 Å². The van der Waals surface area contributed by atoms with Gasteiger partial charge in [0.15, 0.2) is 0 Å². The molecule has 1 atom stereocenters. The second kappa shape index (κ2) is 6.31. The Kier molecular flexibility index (Phi) is 4.26. The van der Waals surface area contributed by atoms with Crippen LogP contribution in [-0.2, 0) is 6.54 Å². The molecule has 0 spiro atoms. The molecular weight excluding hydrogens is 258 g/mol. The first-order valence-electron chi connectivity index (χ1n) is 7.70. The van der Waals surface area contributed by atoms with E-state index in [0.29, 0.717) is 6.04 Å². The van der Waals surface area contributed by atoms with Gasteiger partial charge in [-0.1, -0.05) is 42.0 Å². The van der Waals surface area contributed by atoms with E-state index in [1.54, 1.807) is 7.11 Å². The van der Waals surface area contributed by atoms with Gasteiger partial charge in [-0.15, -0.1) is 0 Å². The molecule has 1 fully saturated rings. The number of ether oxygens (including phenoxy) is 1. The molecule has 0 bridgehead atoms. The lowest BCUT2D eigenvalue weighted by molar-refractivity contribution is 0.248. The Morgan fingerprint density at radius 3 is 2.43 bits per heavy atom. The molecule has 0 amide bonds. The molecule has 0 saturated carbocycles. The van der Waals surface area contributed by atoms with Crippen molar-refractivity contribution in [1.29, 1.82) is 0 Å². The molecule has 0 aromatic heterocycles. The Hall–Kier alpha value is -1.80. The van der Waals surface area contributed by atoms with Gasteiger partial charge in [0.1, 0.15) is 5.75 Å². The monoisotopic (exact) mass is 281 g/mol. The summed E-state index contributed by atoms with van der Waals surface area (Å²) < 4.78 is 5.25. The fourth-order valence-corrected chi connectivity index (χ4v) is 3.15. The number of benzene rings is 2. The molecule has 1 unspecified atom stereocenters. The molecule has 21 heavy (non-hydrogen) atoms. The van der Waals surface area contributed by atoms with Crippen molar-refractivity contribution in [2.75, 3.05) is 13.7 Å². The Balaban J connectivity index is 1.73. The fourth-order valence-electron chi connectivity index (χ4n) is 3.15. The average molecular weight is 281 g/mol. The third-order valence-corrected chi connectivity index (χ3v) is 4.37. The summed E-state index contributed by atoms with van der Waals surface area (Å²) in [5, 5.41) is 0. The minimum absolute atomic E-state index is 0.539. The van der Waals surface area contributed by atoms with Gasteiger partial charge in [0.25, 0.3) is 0 Å².